The third-order valence-corrected chi connectivity index (χ3v) is 8.22. The smallest absolute Gasteiger partial charge is 0.306 e. The molecule has 2 heterocycles. The van der Waals surface area contributed by atoms with Crippen molar-refractivity contribution in [3.63, 3.8) is 0 Å². The lowest BCUT2D eigenvalue weighted by atomic mass is 9.76. The predicted octanol–water partition coefficient (Wildman–Crippen LogP) is 4.37. The number of rotatable bonds is 4. The summed E-state index contributed by atoms with van der Waals surface area (Å²) >= 11 is 6.50. The van der Waals surface area contributed by atoms with Crippen LogP contribution in [0.5, 0.6) is 0 Å². The van der Waals surface area contributed by atoms with Gasteiger partial charge in [-0.3, -0.25) is 9.59 Å². The van der Waals surface area contributed by atoms with Gasteiger partial charge in [0.2, 0.25) is 0 Å². The number of hydrazone groups is 1. The van der Waals surface area contributed by atoms with E-state index in [0.29, 0.717) is 36.0 Å². The molecule has 0 aromatic heterocycles. The average molecular weight is 437 g/mol. The summed E-state index contributed by atoms with van der Waals surface area (Å²) in [5, 5.41) is 15.6. The molecular weight excluding hydrogens is 404 g/mol. The van der Waals surface area contributed by atoms with Crippen LogP contribution in [0.2, 0.25) is 0 Å². The maximum atomic E-state index is 13.1. The Morgan fingerprint density at radius 1 is 1.20 bits per heavy atom. The van der Waals surface area contributed by atoms with E-state index in [9.17, 15) is 14.7 Å². The number of ether oxygens (including phenoxy) is 1. The van der Waals surface area contributed by atoms with Crippen LogP contribution in [0.15, 0.2) is 16.8 Å². The number of aliphatic carboxylic acids is 1. The average Bonchev–Trinajstić information content (AvgIpc) is 3.30. The van der Waals surface area contributed by atoms with E-state index in [1.54, 1.807) is 0 Å². The zero-order valence-corrected chi connectivity index (χ0v) is 18.7. The van der Waals surface area contributed by atoms with Crippen molar-refractivity contribution in [1.29, 1.82) is 0 Å². The van der Waals surface area contributed by atoms with Crippen LogP contribution in [0.25, 0.3) is 0 Å². The van der Waals surface area contributed by atoms with Gasteiger partial charge in [-0.1, -0.05) is 19.8 Å². The van der Waals surface area contributed by atoms with Crippen LogP contribution in [-0.2, 0) is 14.3 Å². The highest BCUT2D eigenvalue weighted by Crippen LogP contribution is 2.41. The molecule has 2 aliphatic carbocycles. The maximum absolute atomic E-state index is 13.1. The Bertz CT molecular complexity index is 751. The second-order valence-electron chi connectivity index (χ2n) is 9.53. The van der Waals surface area contributed by atoms with Crippen molar-refractivity contribution in [2.75, 3.05) is 0 Å². The van der Waals surface area contributed by atoms with Crippen molar-refractivity contribution in [1.82, 2.24) is 5.01 Å². The number of hydrogen-bond donors (Lipinski definition) is 1. The van der Waals surface area contributed by atoms with Gasteiger partial charge in [0.25, 0.3) is 5.91 Å². The molecule has 166 valence electrons. The summed E-state index contributed by atoms with van der Waals surface area (Å²) in [6.07, 6.45) is 10.2. The van der Waals surface area contributed by atoms with E-state index in [2.05, 4.69) is 12.0 Å². The summed E-state index contributed by atoms with van der Waals surface area (Å²) < 4.78 is 6.37. The van der Waals surface area contributed by atoms with Gasteiger partial charge in [-0.05, 0) is 69.8 Å². The fraction of sp³-hybridized carbons (Fsp3) is 0.783. The SMILES string of the molecule is CC1=NN(C2CCCC(C(=O)O)C2)C(=O)/C1=C/C1CCC(C2CCCC(Cl)C2C)O1. The molecule has 0 aromatic rings. The first-order valence-corrected chi connectivity index (χ1v) is 11.9. The summed E-state index contributed by atoms with van der Waals surface area (Å²) in [6, 6.07) is -0.130. The molecule has 6 nitrogen and oxygen atoms in total. The Morgan fingerprint density at radius 3 is 2.73 bits per heavy atom. The number of nitrogens with zero attached hydrogens (tertiary/aromatic N) is 2. The molecule has 7 atom stereocenters. The lowest BCUT2D eigenvalue weighted by Gasteiger charge is -2.36. The number of alkyl halides is 1. The monoisotopic (exact) mass is 436 g/mol. The first kappa shape index (κ1) is 21.8. The minimum atomic E-state index is -0.774. The highest BCUT2D eigenvalue weighted by atomic mass is 35.5. The molecule has 1 saturated heterocycles. The third kappa shape index (κ3) is 4.31. The Balaban J connectivity index is 1.40. The van der Waals surface area contributed by atoms with Crippen molar-refractivity contribution >= 4 is 29.2 Å². The summed E-state index contributed by atoms with van der Waals surface area (Å²) in [7, 11) is 0. The number of carboxylic acid groups (broad SMARTS) is 1. The number of carbonyl (C=O) groups is 2. The molecule has 3 fully saturated rings. The first-order valence-electron chi connectivity index (χ1n) is 11.5. The van der Waals surface area contributed by atoms with Gasteiger partial charge in [-0.15, -0.1) is 11.6 Å². The fourth-order valence-electron chi connectivity index (χ4n) is 5.77. The van der Waals surface area contributed by atoms with Crippen LogP contribution < -0.4 is 0 Å². The van der Waals surface area contributed by atoms with Crippen molar-refractivity contribution in [2.24, 2.45) is 22.9 Å². The van der Waals surface area contributed by atoms with Crippen LogP contribution in [0, 0.1) is 17.8 Å². The van der Waals surface area contributed by atoms with Crippen molar-refractivity contribution in [2.45, 2.75) is 95.3 Å². The summed E-state index contributed by atoms with van der Waals surface area (Å²) in [5.74, 6) is -0.323. The second-order valence-corrected chi connectivity index (χ2v) is 10.1. The molecule has 30 heavy (non-hydrogen) atoms. The van der Waals surface area contributed by atoms with Gasteiger partial charge < -0.3 is 9.84 Å². The maximum Gasteiger partial charge on any atom is 0.306 e. The fourth-order valence-corrected chi connectivity index (χ4v) is 6.11. The number of amides is 1. The molecule has 0 radical (unpaired) electrons. The van der Waals surface area contributed by atoms with E-state index < -0.39 is 5.97 Å². The number of hydrogen-bond acceptors (Lipinski definition) is 4. The Kier molecular flexibility index (Phi) is 6.54. The molecule has 7 unspecified atom stereocenters. The molecule has 4 rings (SSSR count). The van der Waals surface area contributed by atoms with Gasteiger partial charge in [-0.25, -0.2) is 5.01 Å². The molecule has 7 heteroatoms. The minimum absolute atomic E-state index is 0.0694. The largest absolute Gasteiger partial charge is 0.481 e. The van der Waals surface area contributed by atoms with E-state index in [-0.39, 0.29) is 35.5 Å². The molecule has 1 amide bonds. The van der Waals surface area contributed by atoms with Gasteiger partial charge in [0.1, 0.15) is 0 Å². The quantitative estimate of drug-likeness (QED) is 0.524. The molecule has 4 aliphatic rings. The van der Waals surface area contributed by atoms with Crippen LogP contribution in [0.1, 0.15) is 71.6 Å². The Labute approximate surface area is 183 Å². The van der Waals surface area contributed by atoms with Crippen LogP contribution >= 0.6 is 11.6 Å². The van der Waals surface area contributed by atoms with E-state index in [4.69, 9.17) is 16.3 Å². The topological polar surface area (TPSA) is 79.2 Å². The van der Waals surface area contributed by atoms with Gasteiger partial charge in [0.05, 0.1) is 35.5 Å². The van der Waals surface area contributed by atoms with Crippen molar-refractivity contribution < 1.29 is 19.4 Å². The molecule has 0 spiro atoms. The van der Waals surface area contributed by atoms with Crippen LogP contribution in [-0.4, -0.2) is 51.3 Å². The van der Waals surface area contributed by atoms with Gasteiger partial charge in [0, 0.05) is 5.38 Å². The molecular formula is C23H33ClN2O4. The second kappa shape index (κ2) is 8.99. The van der Waals surface area contributed by atoms with Crippen LogP contribution in [0.3, 0.4) is 0 Å². The molecule has 0 aromatic carbocycles. The van der Waals surface area contributed by atoms with Crippen molar-refractivity contribution in [3.8, 4) is 0 Å². The Hall–Kier alpha value is -1.40. The molecule has 1 N–H and O–H groups in total. The summed E-state index contributed by atoms with van der Waals surface area (Å²) in [6.45, 7) is 4.09. The third-order valence-electron chi connectivity index (χ3n) is 7.61. The minimum Gasteiger partial charge on any atom is -0.481 e. The zero-order chi connectivity index (χ0) is 21.4. The van der Waals surface area contributed by atoms with E-state index in [1.807, 2.05) is 13.0 Å². The Morgan fingerprint density at radius 2 is 1.97 bits per heavy atom. The first-order chi connectivity index (χ1) is 14.3. The number of carbonyl (C=O) groups excluding carboxylic acids is 1. The lowest BCUT2D eigenvalue weighted by Crippen LogP contribution is -2.39. The van der Waals surface area contributed by atoms with Gasteiger partial charge in [-0.2, -0.15) is 5.10 Å². The molecule has 2 saturated carbocycles. The number of carboxylic acids is 1. The van der Waals surface area contributed by atoms with E-state index in [1.165, 1.54) is 5.01 Å². The van der Waals surface area contributed by atoms with Crippen LogP contribution in [0.4, 0.5) is 0 Å². The van der Waals surface area contributed by atoms with E-state index >= 15 is 0 Å². The highest BCUT2D eigenvalue weighted by molar-refractivity contribution is 6.24. The zero-order valence-electron chi connectivity index (χ0n) is 17.9. The standard InChI is InChI=1S/C23H33ClN2O4/c1-13-18(7-4-8-20(13)24)21-10-9-17(30-21)12-19-14(2)25-26(22(19)27)16-6-3-5-15(11-16)23(28)29/h12-13,15-18,20-21H,3-11H2,1-2H3,(H,28,29)/b19-12+. The summed E-state index contributed by atoms with van der Waals surface area (Å²) in [4.78, 5) is 24.5. The van der Waals surface area contributed by atoms with Gasteiger partial charge >= 0.3 is 5.97 Å². The van der Waals surface area contributed by atoms with Crippen molar-refractivity contribution in [3.05, 3.63) is 11.6 Å². The van der Waals surface area contributed by atoms with Gasteiger partial charge in [0.15, 0.2) is 0 Å². The normalized spacial score (nSPS) is 41.4. The lowest BCUT2D eigenvalue weighted by molar-refractivity contribution is -0.144. The highest BCUT2D eigenvalue weighted by Gasteiger charge is 2.41. The molecule has 0 bridgehead atoms. The summed E-state index contributed by atoms with van der Waals surface area (Å²) in [5.41, 5.74) is 1.32. The predicted molar refractivity (Wildman–Crippen MR) is 115 cm³/mol. The van der Waals surface area contributed by atoms with E-state index in [0.717, 1.165) is 44.9 Å². The number of halogens is 1. The molecule has 2 aliphatic heterocycles.